The first-order chi connectivity index (χ1) is 12.0. The van der Waals surface area contributed by atoms with Gasteiger partial charge in [0.25, 0.3) is 0 Å². The van der Waals surface area contributed by atoms with Crippen LogP contribution in [-0.2, 0) is 17.6 Å². The Hall–Kier alpha value is -3.22. The molecule has 2 N–H and O–H groups in total. The molecule has 7 heteroatoms. The predicted molar refractivity (Wildman–Crippen MR) is 92.9 cm³/mol. The lowest BCUT2D eigenvalue weighted by molar-refractivity contribution is -0.136. The zero-order valence-electron chi connectivity index (χ0n) is 14.0. The molecule has 0 unspecified atom stereocenters. The largest absolute Gasteiger partial charge is 0.504 e. The molecular weight excluding hydrogens is 320 g/mol. The van der Waals surface area contributed by atoms with E-state index in [-0.39, 0.29) is 23.5 Å². The standard InChI is InChI=1S/C18H18N4O3/c1-3-12-7-4-6-11(2)16(12)20-21-17-13(10-15(24)25)19-18-14(23)8-5-9-22(17)18/h4-9,23H,3,10H2,1-2H3,(H,24,25). The predicted octanol–water partition coefficient (Wildman–Crippen LogP) is 3.95. The summed E-state index contributed by atoms with van der Waals surface area (Å²) >= 11 is 0. The molecule has 0 aliphatic carbocycles. The van der Waals surface area contributed by atoms with Crippen LogP contribution >= 0.6 is 0 Å². The first-order valence-corrected chi connectivity index (χ1v) is 7.92. The van der Waals surface area contributed by atoms with Crippen LogP contribution in [0, 0.1) is 6.92 Å². The number of carbonyl (C=O) groups is 1. The minimum absolute atomic E-state index is 0.0410. The van der Waals surface area contributed by atoms with Crippen molar-refractivity contribution < 1.29 is 15.0 Å². The highest BCUT2D eigenvalue weighted by molar-refractivity contribution is 5.73. The van der Waals surface area contributed by atoms with Crippen molar-refractivity contribution in [2.45, 2.75) is 26.7 Å². The third-order valence-corrected chi connectivity index (χ3v) is 3.94. The molecule has 0 bridgehead atoms. The molecule has 0 aliphatic heterocycles. The Morgan fingerprint density at radius 2 is 2.04 bits per heavy atom. The summed E-state index contributed by atoms with van der Waals surface area (Å²) < 4.78 is 1.54. The van der Waals surface area contributed by atoms with E-state index in [1.165, 1.54) is 6.07 Å². The van der Waals surface area contributed by atoms with E-state index in [1.54, 1.807) is 16.7 Å². The molecule has 0 saturated heterocycles. The van der Waals surface area contributed by atoms with Gasteiger partial charge in [0.15, 0.2) is 17.2 Å². The van der Waals surface area contributed by atoms with Gasteiger partial charge in [-0.2, -0.15) is 0 Å². The van der Waals surface area contributed by atoms with Crippen LogP contribution in [0.5, 0.6) is 5.75 Å². The van der Waals surface area contributed by atoms with Crippen LogP contribution in [0.15, 0.2) is 46.8 Å². The number of aliphatic carboxylic acids is 1. The number of benzene rings is 1. The molecule has 25 heavy (non-hydrogen) atoms. The number of pyridine rings is 1. The van der Waals surface area contributed by atoms with Gasteiger partial charge in [0.05, 0.1) is 17.8 Å². The van der Waals surface area contributed by atoms with Gasteiger partial charge in [0, 0.05) is 6.20 Å². The van der Waals surface area contributed by atoms with Crippen molar-refractivity contribution in [1.82, 2.24) is 9.38 Å². The molecule has 1 aromatic carbocycles. The number of aromatic hydroxyl groups is 1. The number of nitrogens with zero attached hydrogens (tertiary/aromatic N) is 4. The van der Waals surface area contributed by atoms with E-state index in [0.717, 1.165) is 23.2 Å². The summed E-state index contributed by atoms with van der Waals surface area (Å²) in [4.78, 5) is 15.3. The third kappa shape index (κ3) is 3.21. The average molecular weight is 338 g/mol. The number of rotatable bonds is 5. The molecule has 0 radical (unpaired) electrons. The smallest absolute Gasteiger partial charge is 0.309 e. The average Bonchev–Trinajstić information content (AvgIpc) is 2.91. The van der Waals surface area contributed by atoms with Gasteiger partial charge < -0.3 is 10.2 Å². The molecule has 2 aromatic heterocycles. The van der Waals surface area contributed by atoms with Gasteiger partial charge in [0.1, 0.15) is 0 Å². The Labute approximate surface area is 144 Å². The maximum absolute atomic E-state index is 11.1. The van der Waals surface area contributed by atoms with Crippen LogP contribution in [0.4, 0.5) is 11.5 Å². The Kier molecular flexibility index (Phi) is 4.47. The quantitative estimate of drug-likeness (QED) is 0.688. The van der Waals surface area contributed by atoms with E-state index in [4.69, 9.17) is 5.11 Å². The molecule has 128 valence electrons. The molecule has 0 amide bonds. The second-order valence-corrected chi connectivity index (χ2v) is 5.68. The lowest BCUT2D eigenvalue weighted by Gasteiger charge is -2.05. The fourth-order valence-corrected chi connectivity index (χ4v) is 2.70. The Morgan fingerprint density at radius 1 is 1.24 bits per heavy atom. The minimum Gasteiger partial charge on any atom is -0.504 e. The van der Waals surface area contributed by atoms with E-state index < -0.39 is 5.97 Å². The van der Waals surface area contributed by atoms with Crippen LogP contribution in [0.3, 0.4) is 0 Å². The summed E-state index contributed by atoms with van der Waals surface area (Å²) in [5.41, 5.74) is 3.32. The fourth-order valence-electron chi connectivity index (χ4n) is 2.70. The zero-order chi connectivity index (χ0) is 18.0. The maximum Gasteiger partial charge on any atom is 0.309 e. The van der Waals surface area contributed by atoms with E-state index in [0.29, 0.717) is 5.82 Å². The molecule has 0 atom stereocenters. The molecule has 0 saturated carbocycles. The van der Waals surface area contributed by atoms with Gasteiger partial charge >= 0.3 is 5.97 Å². The highest BCUT2D eigenvalue weighted by Gasteiger charge is 2.17. The van der Waals surface area contributed by atoms with E-state index in [9.17, 15) is 9.90 Å². The highest BCUT2D eigenvalue weighted by atomic mass is 16.4. The second kappa shape index (κ2) is 6.72. The van der Waals surface area contributed by atoms with Gasteiger partial charge in [0.2, 0.25) is 0 Å². The van der Waals surface area contributed by atoms with Gasteiger partial charge in [-0.1, -0.05) is 25.1 Å². The molecule has 0 spiro atoms. The second-order valence-electron chi connectivity index (χ2n) is 5.68. The number of hydrogen-bond acceptors (Lipinski definition) is 5. The van der Waals surface area contributed by atoms with E-state index >= 15 is 0 Å². The van der Waals surface area contributed by atoms with Gasteiger partial charge in [-0.25, -0.2) is 4.98 Å². The number of azo groups is 1. The molecule has 3 rings (SSSR count). The molecular formula is C18H18N4O3. The summed E-state index contributed by atoms with van der Waals surface area (Å²) in [6, 6.07) is 9.03. The molecule has 2 heterocycles. The topological polar surface area (TPSA) is 99.5 Å². The van der Waals surface area contributed by atoms with Crippen molar-refractivity contribution in [3.8, 4) is 5.75 Å². The first kappa shape index (κ1) is 16.6. The van der Waals surface area contributed by atoms with Crippen molar-refractivity contribution >= 4 is 23.1 Å². The highest BCUT2D eigenvalue weighted by Crippen LogP contribution is 2.30. The van der Waals surface area contributed by atoms with Crippen LogP contribution in [0.1, 0.15) is 23.7 Å². The van der Waals surface area contributed by atoms with Gasteiger partial charge in [-0.15, -0.1) is 10.2 Å². The number of imidazole rings is 1. The lowest BCUT2D eigenvalue weighted by atomic mass is 10.1. The molecule has 7 nitrogen and oxygen atoms in total. The summed E-state index contributed by atoms with van der Waals surface area (Å²) in [6.07, 6.45) is 2.18. The van der Waals surface area contributed by atoms with Crippen molar-refractivity contribution in [2.75, 3.05) is 0 Å². The molecule has 0 fully saturated rings. The first-order valence-electron chi connectivity index (χ1n) is 7.92. The Bertz CT molecular complexity index is 976. The lowest BCUT2D eigenvalue weighted by Crippen LogP contribution is -2.00. The molecule has 3 aromatic rings. The Balaban J connectivity index is 2.15. The van der Waals surface area contributed by atoms with Crippen molar-refractivity contribution in [3.63, 3.8) is 0 Å². The minimum atomic E-state index is -1.02. The Morgan fingerprint density at radius 3 is 2.76 bits per heavy atom. The van der Waals surface area contributed by atoms with Crippen LogP contribution in [0.25, 0.3) is 5.65 Å². The van der Waals surface area contributed by atoms with E-state index in [1.807, 2.05) is 32.0 Å². The maximum atomic E-state index is 11.1. The number of fused-ring (bicyclic) bond motifs is 1. The number of aromatic nitrogens is 2. The van der Waals surface area contributed by atoms with E-state index in [2.05, 4.69) is 15.2 Å². The number of carboxylic acids is 1. The fraction of sp³-hybridized carbons (Fsp3) is 0.222. The van der Waals surface area contributed by atoms with Crippen molar-refractivity contribution in [3.05, 3.63) is 53.3 Å². The summed E-state index contributed by atoms with van der Waals surface area (Å²) in [5, 5.41) is 27.7. The summed E-state index contributed by atoms with van der Waals surface area (Å²) in [6.45, 7) is 3.99. The number of aryl methyl sites for hydroxylation is 2. The monoisotopic (exact) mass is 338 g/mol. The van der Waals surface area contributed by atoms with Gasteiger partial charge in [-0.05, 0) is 36.6 Å². The molecule has 0 aliphatic rings. The van der Waals surface area contributed by atoms with Crippen LogP contribution < -0.4 is 0 Å². The SMILES string of the molecule is CCc1cccc(C)c1N=Nc1c(CC(=O)O)nc2c(O)cccn12. The van der Waals surface area contributed by atoms with Crippen LogP contribution in [-0.4, -0.2) is 25.6 Å². The normalized spacial score (nSPS) is 11.4. The summed E-state index contributed by atoms with van der Waals surface area (Å²) in [7, 11) is 0. The van der Waals surface area contributed by atoms with Crippen molar-refractivity contribution in [2.24, 2.45) is 10.2 Å². The number of carboxylic acid groups (broad SMARTS) is 1. The third-order valence-electron chi connectivity index (χ3n) is 3.94. The van der Waals surface area contributed by atoms with Gasteiger partial charge in [-0.3, -0.25) is 9.20 Å². The zero-order valence-corrected chi connectivity index (χ0v) is 14.0. The number of hydrogen-bond donors (Lipinski definition) is 2. The summed E-state index contributed by atoms with van der Waals surface area (Å²) in [5.74, 6) is -0.760. The van der Waals surface area contributed by atoms with Crippen LogP contribution in [0.2, 0.25) is 0 Å². The van der Waals surface area contributed by atoms with Crippen molar-refractivity contribution in [1.29, 1.82) is 0 Å².